The van der Waals surface area contributed by atoms with E-state index in [0.29, 0.717) is 22.6 Å². The summed E-state index contributed by atoms with van der Waals surface area (Å²) in [5.41, 5.74) is 5.31. The Morgan fingerprint density at radius 3 is 1.12 bits per heavy atom. The lowest BCUT2D eigenvalue weighted by Gasteiger charge is -2.08. The minimum Gasteiger partial charge on any atom is -0.423 e. The number of benzene rings is 4. The largest absolute Gasteiger partial charge is 0.423 e. The number of esters is 2. The number of ether oxygens (including phenoxy) is 2. The fourth-order valence-corrected chi connectivity index (χ4v) is 3.52. The van der Waals surface area contributed by atoms with Crippen molar-refractivity contribution >= 4 is 11.9 Å². The Hall–Kier alpha value is -4.18. The fraction of sp³-hybridized carbons (Fsp3) is 0.133. The molecule has 0 fully saturated rings. The van der Waals surface area contributed by atoms with Gasteiger partial charge >= 0.3 is 11.9 Å². The molecular formula is C30H26O4. The third-order valence-electron chi connectivity index (χ3n) is 5.66. The van der Waals surface area contributed by atoms with Gasteiger partial charge in [0, 0.05) is 0 Å². The van der Waals surface area contributed by atoms with Crippen LogP contribution in [0.15, 0.2) is 97.1 Å². The van der Waals surface area contributed by atoms with E-state index in [1.165, 1.54) is 11.1 Å². The third-order valence-corrected chi connectivity index (χ3v) is 5.66. The molecule has 0 unspecified atom stereocenters. The molecule has 0 saturated carbocycles. The van der Waals surface area contributed by atoms with Crippen LogP contribution in [0.1, 0.15) is 45.7 Å². The maximum atomic E-state index is 12.4. The monoisotopic (exact) mass is 450 g/mol. The van der Waals surface area contributed by atoms with Gasteiger partial charge in [-0.2, -0.15) is 0 Å². The van der Waals surface area contributed by atoms with Gasteiger partial charge in [-0.25, -0.2) is 9.59 Å². The van der Waals surface area contributed by atoms with Gasteiger partial charge in [-0.1, -0.05) is 62.4 Å². The number of hydrogen-bond acceptors (Lipinski definition) is 4. The van der Waals surface area contributed by atoms with Crippen LogP contribution in [-0.2, 0) is 12.8 Å². The lowest BCUT2D eigenvalue weighted by molar-refractivity contribution is 0.0725. The van der Waals surface area contributed by atoms with Crippen molar-refractivity contribution in [3.8, 4) is 22.6 Å². The molecule has 4 nitrogen and oxygen atoms in total. The van der Waals surface area contributed by atoms with Gasteiger partial charge in [0.15, 0.2) is 0 Å². The number of aryl methyl sites for hydroxylation is 2. The van der Waals surface area contributed by atoms with Crippen LogP contribution in [0.4, 0.5) is 0 Å². The molecule has 0 heterocycles. The van der Waals surface area contributed by atoms with E-state index < -0.39 is 0 Å². The zero-order valence-electron chi connectivity index (χ0n) is 19.3. The summed E-state index contributed by atoms with van der Waals surface area (Å²) in [4.78, 5) is 24.7. The molecule has 0 spiro atoms. The van der Waals surface area contributed by atoms with Gasteiger partial charge in [-0.15, -0.1) is 0 Å². The van der Waals surface area contributed by atoms with Crippen molar-refractivity contribution in [1.29, 1.82) is 0 Å². The summed E-state index contributed by atoms with van der Waals surface area (Å²) in [7, 11) is 0. The zero-order valence-corrected chi connectivity index (χ0v) is 19.3. The third kappa shape index (κ3) is 5.59. The number of hydrogen-bond donors (Lipinski definition) is 0. The molecule has 0 aliphatic heterocycles. The molecule has 0 bridgehead atoms. The summed E-state index contributed by atoms with van der Waals surface area (Å²) < 4.78 is 11.0. The van der Waals surface area contributed by atoms with Crippen molar-refractivity contribution < 1.29 is 19.1 Å². The van der Waals surface area contributed by atoms with E-state index in [1.807, 2.05) is 48.5 Å². The molecule has 0 aliphatic carbocycles. The first kappa shape index (κ1) is 23.0. The molecule has 4 rings (SSSR count). The first-order valence-electron chi connectivity index (χ1n) is 11.4. The summed E-state index contributed by atoms with van der Waals surface area (Å²) in [6, 6.07) is 29.5. The molecule has 0 aromatic heterocycles. The molecule has 34 heavy (non-hydrogen) atoms. The molecule has 0 N–H and O–H groups in total. The Labute approximate surface area is 199 Å². The normalized spacial score (nSPS) is 10.5. The Bertz CT molecular complexity index is 1150. The summed E-state index contributed by atoms with van der Waals surface area (Å²) in [5, 5.41) is 0. The van der Waals surface area contributed by atoms with E-state index in [0.717, 1.165) is 24.0 Å². The van der Waals surface area contributed by atoms with Crippen LogP contribution in [0.2, 0.25) is 0 Å². The second-order valence-electron chi connectivity index (χ2n) is 7.93. The highest BCUT2D eigenvalue weighted by Gasteiger charge is 2.10. The number of rotatable bonds is 7. The molecular weight excluding hydrogens is 424 g/mol. The molecule has 0 amide bonds. The van der Waals surface area contributed by atoms with Crippen LogP contribution in [0.5, 0.6) is 11.5 Å². The Morgan fingerprint density at radius 1 is 0.500 bits per heavy atom. The highest BCUT2D eigenvalue weighted by Crippen LogP contribution is 2.25. The van der Waals surface area contributed by atoms with Crippen LogP contribution in [0.3, 0.4) is 0 Å². The molecule has 170 valence electrons. The lowest BCUT2D eigenvalue weighted by Crippen LogP contribution is -2.08. The van der Waals surface area contributed by atoms with Crippen LogP contribution in [0, 0.1) is 0 Å². The van der Waals surface area contributed by atoms with Crippen molar-refractivity contribution in [1.82, 2.24) is 0 Å². The highest BCUT2D eigenvalue weighted by molar-refractivity contribution is 5.91. The van der Waals surface area contributed by atoms with Crippen molar-refractivity contribution in [2.75, 3.05) is 0 Å². The Balaban J connectivity index is 1.37. The summed E-state index contributed by atoms with van der Waals surface area (Å²) in [6.07, 6.45) is 1.85. The van der Waals surface area contributed by atoms with Crippen molar-refractivity contribution in [2.45, 2.75) is 26.7 Å². The van der Waals surface area contributed by atoms with Crippen LogP contribution in [-0.4, -0.2) is 11.9 Å². The lowest BCUT2D eigenvalue weighted by atomic mass is 10.1. The summed E-state index contributed by atoms with van der Waals surface area (Å²) >= 11 is 0. The van der Waals surface area contributed by atoms with Gasteiger partial charge in [0.2, 0.25) is 0 Å². The zero-order chi connectivity index (χ0) is 23.9. The van der Waals surface area contributed by atoms with E-state index in [9.17, 15) is 9.59 Å². The van der Waals surface area contributed by atoms with E-state index in [2.05, 4.69) is 13.8 Å². The van der Waals surface area contributed by atoms with Gasteiger partial charge in [0.05, 0.1) is 11.1 Å². The van der Waals surface area contributed by atoms with Crippen LogP contribution < -0.4 is 9.47 Å². The average Bonchev–Trinajstić information content (AvgIpc) is 2.89. The Morgan fingerprint density at radius 2 is 0.824 bits per heavy atom. The molecule has 4 aromatic rings. The van der Waals surface area contributed by atoms with E-state index >= 15 is 0 Å². The highest BCUT2D eigenvalue weighted by atomic mass is 16.5. The summed E-state index contributed by atoms with van der Waals surface area (Å²) in [6.45, 7) is 4.14. The van der Waals surface area contributed by atoms with Crippen molar-refractivity contribution in [3.05, 3.63) is 119 Å². The molecule has 0 aliphatic rings. The predicted octanol–water partition coefficient (Wildman–Crippen LogP) is 6.92. The second-order valence-corrected chi connectivity index (χ2v) is 7.93. The second kappa shape index (κ2) is 10.6. The SMILES string of the molecule is CCc1ccc(C(=O)Oc2ccc(-c3ccc(OC(=O)c4ccc(CC)cc4)cc3)cc2)cc1. The minimum atomic E-state index is -0.383. The minimum absolute atomic E-state index is 0.383. The van der Waals surface area contributed by atoms with Gasteiger partial charge in [-0.05, 0) is 83.6 Å². The van der Waals surface area contributed by atoms with E-state index in [4.69, 9.17) is 9.47 Å². The standard InChI is InChI=1S/C30H26O4/c1-3-21-5-9-25(10-6-21)29(31)33-27-17-13-23(14-18-27)24-15-19-28(20-16-24)34-30(32)26-11-7-22(4-2)8-12-26/h5-20H,3-4H2,1-2H3. The van der Waals surface area contributed by atoms with Gasteiger partial charge in [0.25, 0.3) is 0 Å². The topological polar surface area (TPSA) is 52.6 Å². The fourth-order valence-electron chi connectivity index (χ4n) is 3.52. The Kier molecular flexibility index (Phi) is 7.19. The number of carbonyl (C=O) groups is 2. The number of carbonyl (C=O) groups excluding carboxylic acids is 2. The van der Waals surface area contributed by atoms with Crippen LogP contribution in [0.25, 0.3) is 11.1 Å². The average molecular weight is 451 g/mol. The van der Waals surface area contributed by atoms with Crippen LogP contribution >= 0.6 is 0 Å². The van der Waals surface area contributed by atoms with Gasteiger partial charge < -0.3 is 9.47 Å². The molecule has 0 radical (unpaired) electrons. The molecule has 4 heteroatoms. The quantitative estimate of drug-likeness (QED) is 0.227. The van der Waals surface area contributed by atoms with Gasteiger partial charge in [-0.3, -0.25) is 0 Å². The molecule has 0 atom stereocenters. The molecule has 4 aromatic carbocycles. The predicted molar refractivity (Wildman–Crippen MR) is 133 cm³/mol. The first-order chi connectivity index (χ1) is 16.6. The van der Waals surface area contributed by atoms with E-state index in [1.54, 1.807) is 48.5 Å². The maximum Gasteiger partial charge on any atom is 0.343 e. The maximum absolute atomic E-state index is 12.4. The summed E-state index contributed by atoms with van der Waals surface area (Å²) in [5.74, 6) is 0.192. The molecule has 0 saturated heterocycles. The van der Waals surface area contributed by atoms with Gasteiger partial charge in [0.1, 0.15) is 11.5 Å². The first-order valence-corrected chi connectivity index (χ1v) is 11.4. The van der Waals surface area contributed by atoms with Crippen molar-refractivity contribution in [3.63, 3.8) is 0 Å². The smallest absolute Gasteiger partial charge is 0.343 e. The van der Waals surface area contributed by atoms with E-state index in [-0.39, 0.29) is 11.9 Å². The van der Waals surface area contributed by atoms with Crippen molar-refractivity contribution in [2.24, 2.45) is 0 Å².